The predicted molar refractivity (Wildman–Crippen MR) is 98.1 cm³/mol. The first-order valence-corrected chi connectivity index (χ1v) is 8.01. The van der Waals surface area contributed by atoms with E-state index in [-0.39, 0.29) is 23.6 Å². The molecule has 0 fully saturated rings. The monoisotopic (exact) mass is 355 g/mol. The van der Waals surface area contributed by atoms with Gasteiger partial charge >= 0.3 is 0 Å². The van der Waals surface area contributed by atoms with E-state index in [1.54, 1.807) is 26.2 Å². The maximum atomic E-state index is 12.0. The predicted octanol–water partition coefficient (Wildman–Crippen LogP) is 2.21. The first kappa shape index (κ1) is 19.0. The molecule has 7 heteroatoms. The maximum absolute atomic E-state index is 12.0. The van der Waals surface area contributed by atoms with Crippen LogP contribution >= 0.6 is 0 Å². The Hall–Kier alpha value is -3.35. The van der Waals surface area contributed by atoms with Crippen molar-refractivity contribution in [1.29, 1.82) is 0 Å². The highest BCUT2D eigenvalue weighted by Crippen LogP contribution is 2.17. The lowest BCUT2D eigenvalue weighted by Gasteiger charge is -2.09. The number of aromatic hydroxyl groups is 1. The third-order valence-electron chi connectivity index (χ3n) is 3.58. The molecule has 0 spiro atoms. The van der Waals surface area contributed by atoms with Crippen LogP contribution in [0.2, 0.25) is 0 Å². The molecule has 2 amide bonds. The molecule has 0 atom stereocenters. The van der Waals surface area contributed by atoms with Gasteiger partial charge in [0.15, 0.2) is 0 Å². The fourth-order valence-electron chi connectivity index (χ4n) is 2.25. The van der Waals surface area contributed by atoms with Gasteiger partial charge in [-0.15, -0.1) is 0 Å². The van der Waals surface area contributed by atoms with Crippen molar-refractivity contribution in [3.05, 3.63) is 59.7 Å². The summed E-state index contributed by atoms with van der Waals surface area (Å²) in [6.45, 7) is 1.97. The van der Waals surface area contributed by atoms with Crippen LogP contribution in [0, 0.1) is 0 Å². The van der Waals surface area contributed by atoms with Gasteiger partial charge in [0.1, 0.15) is 11.5 Å². The van der Waals surface area contributed by atoms with Gasteiger partial charge in [0.05, 0.1) is 19.1 Å². The summed E-state index contributed by atoms with van der Waals surface area (Å²) in [5.41, 5.74) is 3.74. The lowest BCUT2D eigenvalue weighted by atomic mass is 10.2. The van der Waals surface area contributed by atoms with Gasteiger partial charge in [-0.05, 0) is 25.1 Å². The number of carbonyl (C=O) groups is 2. The van der Waals surface area contributed by atoms with E-state index >= 15 is 0 Å². The molecule has 2 rings (SSSR count). The topological polar surface area (TPSA) is 100 Å². The molecule has 0 unspecified atom stereocenters. The number of hydrogen-bond donors (Lipinski definition) is 3. The van der Waals surface area contributed by atoms with Gasteiger partial charge < -0.3 is 15.2 Å². The summed E-state index contributed by atoms with van der Waals surface area (Å²) in [5.74, 6) is -0.202. The Morgan fingerprint density at radius 1 is 1.12 bits per heavy atom. The standard InChI is InChI=1S/C19H21N3O4/c1-13(21-22-19(25)15-8-4-5-9-16(15)23)11-18(24)20-12-14-7-3-6-10-17(14)26-2/h3-10,23H,11-12H2,1-2H3,(H,20,24)(H,22,25). The number of benzene rings is 2. The van der Waals surface area contributed by atoms with E-state index in [0.717, 1.165) is 5.56 Å². The molecule has 0 radical (unpaired) electrons. The van der Waals surface area contributed by atoms with Crippen LogP contribution in [0.4, 0.5) is 0 Å². The highest BCUT2D eigenvalue weighted by molar-refractivity contribution is 6.01. The average molecular weight is 355 g/mol. The van der Waals surface area contributed by atoms with Crippen molar-refractivity contribution < 1.29 is 19.4 Å². The number of amides is 2. The molecular formula is C19H21N3O4. The van der Waals surface area contributed by atoms with Crippen LogP contribution in [-0.2, 0) is 11.3 Å². The summed E-state index contributed by atoms with van der Waals surface area (Å²) in [4.78, 5) is 24.0. The number of nitrogens with one attached hydrogen (secondary N) is 2. The zero-order valence-electron chi connectivity index (χ0n) is 14.7. The number of carbonyl (C=O) groups excluding carboxylic acids is 2. The smallest absolute Gasteiger partial charge is 0.275 e. The highest BCUT2D eigenvalue weighted by Gasteiger charge is 2.10. The summed E-state index contributed by atoms with van der Waals surface area (Å²) in [6, 6.07) is 13.6. The second-order valence-electron chi connectivity index (χ2n) is 5.57. The molecule has 0 aromatic heterocycles. The Labute approximate surface area is 151 Å². The fraction of sp³-hybridized carbons (Fsp3) is 0.211. The second kappa shape index (κ2) is 9.22. The Bertz CT molecular complexity index is 818. The second-order valence-corrected chi connectivity index (χ2v) is 5.57. The lowest BCUT2D eigenvalue weighted by molar-refractivity contribution is -0.120. The van der Waals surface area contributed by atoms with Crippen molar-refractivity contribution in [2.45, 2.75) is 19.9 Å². The molecule has 0 bridgehead atoms. The Morgan fingerprint density at radius 3 is 2.54 bits per heavy atom. The molecule has 7 nitrogen and oxygen atoms in total. The van der Waals surface area contributed by atoms with E-state index in [2.05, 4.69) is 15.8 Å². The summed E-state index contributed by atoms with van der Waals surface area (Å²) in [5, 5.41) is 16.3. The van der Waals surface area contributed by atoms with Crippen LogP contribution in [0.3, 0.4) is 0 Å². The first-order chi connectivity index (χ1) is 12.5. The van der Waals surface area contributed by atoms with E-state index in [9.17, 15) is 14.7 Å². The van der Waals surface area contributed by atoms with Crippen LogP contribution in [-0.4, -0.2) is 29.7 Å². The molecule has 0 saturated carbocycles. The zero-order valence-corrected chi connectivity index (χ0v) is 14.7. The fourth-order valence-corrected chi connectivity index (χ4v) is 2.25. The lowest BCUT2D eigenvalue weighted by Crippen LogP contribution is -2.26. The minimum absolute atomic E-state index is 0.0379. The van der Waals surface area contributed by atoms with Gasteiger partial charge in [0.2, 0.25) is 5.91 Å². The van der Waals surface area contributed by atoms with Gasteiger partial charge in [0.25, 0.3) is 5.91 Å². The Morgan fingerprint density at radius 2 is 1.81 bits per heavy atom. The number of para-hydroxylation sites is 2. The SMILES string of the molecule is COc1ccccc1CNC(=O)CC(C)=NNC(=O)c1ccccc1O. The van der Waals surface area contributed by atoms with E-state index in [1.807, 2.05) is 24.3 Å². The van der Waals surface area contributed by atoms with Crippen molar-refractivity contribution in [2.24, 2.45) is 5.10 Å². The summed E-state index contributed by atoms with van der Waals surface area (Å²) < 4.78 is 5.23. The van der Waals surface area contributed by atoms with E-state index in [1.165, 1.54) is 12.1 Å². The first-order valence-electron chi connectivity index (χ1n) is 8.01. The zero-order chi connectivity index (χ0) is 18.9. The minimum atomic E-state index is -0.545. The van der Waals surface area contributed by atoms with Gasteiger partial charge in [-0.25, -0.2) is 5.43 Å². The van der Waals surface area contributed by atoms with Gasteiger partial charge in [-0.1, -0.05) is 30.3 Å². The number of ether oxygens (including phenoxy) is 1. The number of phenolic OH excluding ortho intramolecular Hbond substituents is 1. The van der Waals surface area contributed by atoms with Crippen molar-refractivity contribution >= 4 is 17.5 Å². The van der Waals surface area contributed by atoms with Crippen LogP contribution in [0.5, 0.6) is 11.5 Å². The van der Waals surface area contributed by atoms with Gasteiger partial charge in [0, 0.05) is 17.8 Å². The third-order valence-corrected chi connectivity index (χ3v) is 3.58. The normalized spacial score (nSPS) is 10.9. The van der Waals surface area contributed by atoms with Crippen LogP contribution in [0.15, 0.2) is 53.6 Å². The Balaban J connectivity index is 1.85. The van der Waals surface area contributed by atoms with Crippen molar-refractivity contribution in [2.75, 3.05) is 7.11 Å². The number of hydrogen-bond acceptors (Lipinski definition) is 5. The largest absolute Gasteiger partial charge is 0.507 e. The molecule has 2 aromatic carbocycles. The van der Waals surface area contributed by atoms with Crippen molar-refractivity contribution in [1.82, 2.24) is 10.7 Å². The molecule has 0 aliphatic carbocycles. The number of phenols is 1. The summed E-state index contributed by atoms with van der Waals surface area (Å²) >= 11 is 0. The molecule has 2 aromatic rings. The number of nitrogens with zero attached hydrogens (tertiary/aromatic N) is 1. The molecule has 26 heavy (non-hydrogen) atoms. The quantitative estimate of drug-likeness (QED) is 0.524. The number of methoxy groups -OCH3 is 1. The molecule has 136 valence electrons. The van der Waals surface area contributed by atoms with E-state index in [0.29, 0.717) is 18.0 Å². The molecule has 0 aliphatic rings. The summed E-state index contributed by atoms with van der Waals surface area (Å²) in [7, 11) is 1.57. The molecule has 0 heterocycles. The van der Waals surface area contributed by atoms with Crippen LogP contribution < -0.4 is 15.5 Å². The number of hydrazone groups is 1. The van der Waals surface area contributed by atoms with Crippen molar-refractivity contribution in [3.63, 3.8) is 0 Å². The number of rotatable bonds is 7. The minimum Gasteiger partial charge on any atom is -0.507 e. The molecule has 0 saturated heterocycles. The van der Waals surface area contributed by atoms with E-state index in [4.69, 9.17) is 4.74 Å². The third kappa shape index (κ3) is 5.34. The van der Waals surface area contributed by atoms with Crippen LogP contribution in [0.25, 0.3) is 0 Å². The van der Waals surface area contributed by atoms with Gasteiger partial charge in [-0.3, -0.25) is 9.59 Å². The maximum Gasteiger partial charge on any atom is 0.275 e. The molecule has 0 aliphatic heterocycles. The Kier molecular flexibility index (Phi) is 6.73. The van der Waals surface area contributed by atoms with Gasteiger partial charge in [-0.2, -0.15) is 5.10 Å². The van der Waals surface area contributed by atoms with Crippen molar-refractivity contribution in [3.8, 4) is 11.5 Å². The van der Waals surface area contributed by atoms with Crippen LogP contribution in [0.1, 0.15) is 29.3 Å². The molecule has 3 N–H and O–H groups in total. The summed E-state index contributed by atoms with van der Waals surface area (Å²) in [6.07, 6.45) is 0.0379. The average Bonchev–Trinajstić information content (AvgIpc) is 2.65. The highest BCUT2D eigenvalue weighted by atomic mass is 16.5. The van der Waals surface area contributed by atoms with E-state index < -0.39 is 5.91 Å². The molecular weight excluding hydrogens is 334 g/mol.